The van der Waals surface area contributed by atoms with Crippen molar-refractivity contribution in [2.24, 2.45) is 23.7 Å². The SMILES string of the molecule is CO[C@H]1C2=CC(C2)[C@H](C)[C@@H](C)S(=O)(=O)NC(=O)c2ccc3c(c2)N(C[C@@H]2CC[C@H]21)C[C@@]1(CCCc2c1cc(F)c(Cl)c2F)CO3. The van der Waals surface area contributed by atoms with Crippen LogP contribution in [0.15, 0.2) is 35.9 Å². The zero-order valence-corrected chi connectivity index (χ0v) is 27.3. The van der Waals surface area contributed by atoms with Gasteiger partial charge in [-0.15, -0.1) is 0 Å². The average molecular weight is 661 g/mol. The van der Waals surface area contributed by atoms with Crippen molar-refractivity contribution in [1.82, 2.24) is 4.72 Å². The number of halogens is 3. The maximum absolute atomic E-state index is 15.3. The van der Waals surface area contributed by atoms with Crippen LogP contribution in [-0.2, 0) is 26.6 Å². The minimum Gasteiger partial charge on any atom is -0.490 e. The van der Waals surface area contributed by atoms with Crippen LogP contribution < -0.4 is 14.4 Å². The van der Waals surface area contributed by atoms with E-state index in [2.05, 4.69) is 15.7 Å². The molecule has 242 valence electrons. The molecular formula is C34H39ClF2N2O5S. The number of benzene rings is 2. The van der Waals surface area contributed by atoms with Crippen LogP contribution in [0.5, 0.6) is 5.75 Å². The number of hydrogen-bond acceptors (Lipinski definition) is 6. The number of ether oxygens (including phenoxy) is 2. The number of carbonyl (C=O) groups excluding carboxylic acids is 1. The van der Waals surface area contributed by atoms with Gasteiger partial charge in [0, 0.05) is 31.2 Å². The quantitative estimate of drug-likeness (QED) is 0.291. The Kier molecular flexibility index (Phi) is 7.72. The van der Waals surface area contributed by atoms with Crippen LogP contribution in [0.4, 0.5) is 14.5 Å². The molecule has 2 aromatic rings. The van der Waals surface area contributed by atoms with Gasteiger partial charge < -0.3 is 14.4 Å². The summed E-state index contributed by atoms with van der Waals surface area (Å²) >= 11 is 6.01. The molecule has 8 rings (SSSR count). The summed E-state index contributed by atoms with van der Waals surface area (Å²) in [6.07, 6.45) is 6.69. The van der Waals surface area contributed by atoms with Gasteiger partial charge >= 0.3 is 0 Å². The summed E-state index contributed by atoms with van der Waals surface area (Å²) in [5.74, 6) is -1.21. The Labute approximate surface area is 268 Å². The van der Waals surface area contributed by atoms with E-state index >= 15 is 4.39 Å². The van der Waals surface area contributed by atoms with Crippen molar-refractivity contribution in [1.29, 1.82) is 0 Å². The van der Waals surface area contributed by atoms with Crippen LogP contribution in [0.3, 0.4) is 0 Å². The smallest absolute Gasteiger partial charge is 0.264 e. The molecule has 1 saturated carbocycles. The molecule has 0 radical (unpaired) electrons. The number of carbonyl (C=O) groups is 1. The second-order valence-electron chi connectivity index (χ2n) is 13.8. The third-order valence-electron chi connectivity index (χ3n) is 11.5. The van der Waals surface area contributed by atoms with Crippen molar-refractivity contribution >= 4 is 33.2 Å². The molecule has 7 nitrogen and oxygen atoms in total. The molecule has 1 N–H and O–H groups in total. The van der Waals surface area contributed by atoms with E-state index in [1.54, 1.807) is 32.2 Å². The van der Waals surface area contributed by atoms with Crippen LogP contribution in [0.2, 0.25) is 5.02 Å². The molecule has 11 heteroatoms. The largest absolute Gasteiger partial charge is 0.490 e. The molecule has 3 heterocycles. The number of amides is 1. The van der Waals surface area contributed by atoms with Gasteiger partial charge in [-0.3, -0.25) is 4.79 Å². The maximum Gasteiger partial charge on any atom is 0.264 e. The van der Waals surface area contributed by atoms with Gasteiger partial charge in [0.2, 0.25) is 10.0 Å². The second-order valence-corrected chi connectivity index (χ2v) is 16.2. The summed E-state index contributed by atoms with van der Waals surface area (Å²) in [6.45, 7) is 4.81. The fraction of sp³-hybridized carbons (Fsp3) is 0.559. The van der Waals surface area contributed by atoms with Crippen molar-refractivity contribution in [3.8, 4) is 5.75 Å². The van der Waals surface area contributed by atoms with E-state index in [4.69, 9.17) is 21.1 Å². The Hall–Kier alpha value is -2.69. The first-order valence-electron chi connectivity index (χ1n) is 15.9. The predicted molar refractivity (Wildman–Crippen MR) is 168 cm³/mol. The summed E-state index contributed by atoms with van der Waals surface area (Å²) in [7, 11) is -2.23. The van der Waals surface area contributed by atoms with Crippen molar-refractivity contribution in [2.45, 2.75) is 69.1 Å². The number of rotatable bonds is 1. The van der Waals surface area contributed by atoms with Crippen LogP contribution >= 0.6 is 11.6 Å². The number of hydrogen-bond donors (Lipinski definition) is 1. The highest BCUT2D eigenvalue weighted by atomic mass is 35.5. The predicted octanol–water partition coefficient (Wildman–Crippen LogP) is 6.18. The summed E-state index contributed by atoms with van der Waals surface area (Å²) in [6, 6.07) is 6.32. The van der Waals surface area contributed by atoms with E-state index in [0.29, 0.717) is 54.9 Å². The fourth-order valence-electron chi connectivity index (χ4n) is 8.38. The van der Waals surface area contributed by atoms with Crippen LogP contribution in [0, 0.1) is 35.3 Å². The first kappa shape index (κ1) is 30.9. The Morgan fingerprint density at radius 1 is 1.18 bits per heavy atom. The zero-order chi connectivity index (χ0) is 31.8. The molecule has 2 aromatic carbocycles. The van der Waals surface area contributed by atoms with E-state index in [-0.39, 0.29) is 41.9 Å². The fourth-order valence-corrected chi connectivity index (χ4v) is 9.88. The molecule has 3 aliphatic carbocycles. The van der Waals surface area contributed by atoms with E-state index in [1.807, 2.05) is 6.92 Å². The molecule has 7 atom stereocenters. The minimum absolute atomic E-state index is 0.0598. The lowest BCUT2D eigenvalue weighted by molar-refractivity contribution is -0.000494. The molecule has 6 aliphatic rings. The average Bonchev–Trinajstić information content (AvgIpc) is 3.13. The Balaban J connectivity index is 1.33. The highest BCUT2D eigenvalue weighted by Gasteiger charge is 2.47. The van der Waals surface area contributed by atoms with Crippen molar-refractivity contribution in [3.63, 3.8) is 0 Å². The molecule has 1 fully saturated rings. The molecule has 45 heavy (non-hydrogen) atoms. The first-order chi connectivity index (χ1) is 21.4. The van der Waals surface area contributed by atoms with Gasteiger partial charge in [0.15, 0.2) is 0 Å². The molecule has 0 aromatic heterocycles. The van der Waals surface area contributed by atoms with E-state index in [9.17, 15) is 17.6 Å². The van der Waals surface area contributed by atoms with E-state index in [1.165, 1.54) is 11.6 Å². The van der Waals surface area contributed by atoms with Crippen molar-refractivity contribution < 1.29 is 31.5 Å². The van der Waals surface area contributed by atoms with Gasteiger partial charge in [0.1, 0.15) is 22.4 Å². The number of nitrogens with one attached hydrogen (secondary N) is 1. The lowest BCUT2D eigenvalue weighted by Gasteiger charge is -2.48. The Morgan fingerprint density at radius 2 is 1.96 bits per heavy atom. The molecule has 1 amide bonds. The number of sulfonamides is 1. The van der Waals surface area contributed by atoms with Crippen molar-refractivity contribution in [3.05, 3.63) is 69.3 Å². The second kappa shape index (κ2) is 11.2. The third-order valence-corrected chi connectivity index (χ3v) is 13.7. The monoisotopic (exact) mass is 660 g/mol. The van der Waals surface area contributed by atoms with Gasteiger partial charge in [0.05, 0.1) is 23.6 Å². The molecule has 0 saturated heterocycles. The highest BCUT2D eigenvalue weighted by molar-refractivity contribution is 7.90. The van der Waals surface area contributed by atoms with E-state index < -0.39 is 43.3 Å². The first-order valence-corrected chi connectivity index (χ1v) is 17.8. The molecule has 4 bridgehead atoms. The summed E-state index contributed by atoms with van der Waals surface area (Å²) < 4.78 is 71.8. The maximum atomic E-state index is 15.3. The molecule has 1 unspecified atom stereocenters. The molecule has 1 spiro atoms. The summed E-state index contributed by atoms with van der Waals surface area (Å²) in [4.78, 5) is 15.6. The number of allylic oxidation sites excluding steroid dienone is 1. The summed E-state index contributed by atoms with van der Waals surface area (Å²) in [5, 5.41) is -1.27. The Morgan fingerprint density at radius 3 is 2.67 bits per heavy atom. The number of anilines is 1. The standard InChI is InChI=1S/C34H39ClF2N2O5S/c1-18-19(2)45(41,42)38-33(40)20-7-9-29-28(13-20)39(15-21-6-8-24(21)32(43-3)23-11-22(18)12-23)16-34(17-44-29)10-4-5-25-26(34)14-27(36)30(35)31(25)37/h7,9,11,13-14,18-19,21-22,24,32H,4-6,8,10,12,15-17H2,1-3H3,(H,38,40)/t18-,19-,21+,22?,24-,32+,34+/m1/s1. The topological polar surface area (TPSA) is 84.9 Å². The number of methoxy groups -OCH3 is 1. The minimum atomic E-state index is -3.97. The third kappa shape index (κ3) is 5.06. The van der Waals surface area contributed by atoms with Crippen LogP contribution in [0.25, 0.3) is 0 Å². The van der Waals surface area contributed by atoms with Gasteiger partial charge in [-0.1, -0.05) is 24.6 Å². The van der Waals surface area contributed by atoms with Gasteiger partial charge in [-0.05, 0) is 110 Å². The lowest BCUT2D eigenvalue weighted by atomic mass is 9.64. The zero-order valence-electron chi connectivity index (χ0n) is 25.7. The van der Waals surface area contributed by atoms with Gasteiger partial charge in [-0.25, -0.2) is 21.9 Å². The molecule has 3 aliphatic heterocycles. The van der Waals surface area contributed by atoms with Gasteiger partial charge in [0.25, 0.3) is 5.91 Å². The lowest BCUT2D eigenvalue weighted by Crippen LogP contribution is -2.50. The normalized spacial score (nSPS) is 33.8. The van der Waals surface area contributed by atoms with E-state index in [0.717, 1.165) is 19.3 Å². The van der Waals surface area contributed by atoms with Crippen LogP contribution in [-0.4, -0.2) is 52.5 Å². The molecular weight excluding hydrogens is 622 g/mol. The summed E-state index contributed by atoms with van der Waals surface area (Å²) in [5.41, 5.74) is 2.35. The Bertz CT molecular complexity index is 1700. The highest BCUT2D eigenvalue weighted by Crippen LogP contribution is 2.50. The van der Waals surface area contributed by atoms with Crippen molar-refractivity contribution in [2.75, 3.05) is 31.7 Å². The number of fused-ring (bicyclic) bond motifs is 6. The number of nitrogens with zero attached hydrogens (tertiary/aromatic N) is 1. The van der Waals surface area contributed by atoms with Gasteiger partial charge in [-0.2, -0.15) is 0 Å². The van der Waals surface area contributed by atoms with Crippen LogP contribution in [0.1, 0.15) is 67.4 Å².